The topological polar surface area (TPSA) is 64.9 Å². The number of hydrogen-bond donors (Lipinski definition) is 1. The summed E-state index contributed by atoms with van der Waals surface area (Å²) in [6, 6.07) is 15.8. The van der Waals surface area contributed by atoms with E-state index in [9.17, 15) is 0 Å². The molecule has 5 heteroatoms. The lowest BCUT2D eigenvalue weighted by atomic mass is 10.1. The molecule has 0 amide bonds. The first kappa shape index (κ1) is 13.7. The fourth-order valence-corrected chi connectivity index (χ4v) is 2.69. The Labute approximate surface area is 127 Å². The summed E-state index contributed by atoms with van der Waals surface area (Å²) in [5.41, 5.74) is 8.66. The fourth-order valence-electron chi connectivity index (χ4n) is 1.88. The largest absolute Gasteiger partial charge is 0.399 e. The van der Waals surface area contributed by atoms with Crippen molar-refractivity contribution < 1.29 is 4.52 Å². The molecule has 3 rings (SSSR count). The van der Waals surface area contributed by atoms with Crippen molar-refractivity contribution in [3.63, 3.8) is 0 Å². The molecule has 2 N–H and O–H groups in total. The predicted octanol–water partition coefficient (Wildman–Crippen LogP) is 3.92. The van der Waals surface area contributed by atoms with Crippen LogP contribution in [-0.4, -0.2) is 10.1 Å². The van der Waals surface area contributed by atoms with Gasteiger partial charge >= 0.3 is 0 Å². The summed E-state index contributed by atoms with van der Waals surface area (Å²) in [7, 11) is 0. The minimum atomic E-state index is 0.554. The average molecular weight is 297 g/mol. The molecule has 4 nitrogen and oxygen atoms in total. The third kappa shape index (κ3) is 3.44. The Morgan fingerprint density at radius 2 is 1.95 bits per heavy atom. The lowest BCUT2D eigenvalue weighted by molar-refractivity contribution is 0.425. The number of nitrogens with zero attached hydrogens (tertiary/aromatic N) is 2. The number of nitrogens with two attached hydrogens (primary N) is 1. The summed E-state index contributed by atoms with van der Waals surface area (Å²) in [6.45, 7) is 2.05. The average Bonchev–Trinajstić information content (AvgIpc) is 2.95. The van der Waals surface area contributed by atoms with E-state index in [0.717, 1.165) is 16.1 Å². The van der Waals surface area contributed by atoms with E-state index in [-0.39, 0.29) is 0 Å². The van der Waals surface area contributed by atoms with Gasteiger partial charge in [-0.25, -0.2) is 0 Å². The smallest absolute Gasteiger partial charge is 0.257 e. The molecule has 1 heterocycles. The zero-order valence-corrected chi connectivity index (χ0v) is 12.4. The predicted molar refractivity (Wildman–Crippen MR) is 84.9 cm³/mol. The van der Waals surface area contributed by atoms with Crippen LogP contribution in [0.4, 0.5) is 5.69 Å². The zero-order chi connectivity index (χ0) is 14.7. The van der Waals surface area contributed by atoms with Gasteiger partial charge in [0.2, 0.25) is 0 Å². The summed E-state index contributed by atoms with van der Waals surface area (Å²) in [5.74, 6) is 1.88. The SMILES string of the molecule is Cc1ccc(-c2nc(CSc3cccc(N)c3)no2)cc1. The highest BCUT2D eigenvalue weighted by atomic mass is 32.2. The lowest BCUT2D eigenvalue weighted by Gasteiger charge is -1.99. The molecule has 0 spiro atoms. The van der Waals surface area contributed by atoms with E-state index in [1.54, 1.807) is 11.8 Å². The second kappa shape index (κ2) is 6.01. The van der Waals surface area contributed by atoms with E-state index in [1.165, 1.54) is 5.56 Å². The first-order valence-corrected chi connectivity index (χ1v) is 7.57. The fraction of sp³-hybridized carbons (Fsp3) is 0.125. The quantitative estimate of drug-likeness (QED) is 0.584. The monoisotopic (exact) mass is 297 g/mol. The normalized spacial score (nSPS) is 10.7. The second-order valence-corrected chi connectivity index (χ2v) is 5.79. The number of nitrogen functional groups attached to an aromatic ring is 1. The molecule has 0 saturated heterocycles. The van der Waals surface area contributed by atoms with Gasteiger partial charge in [0.1, 0.15) is 0 Å². The summed E-state index contributed by atoms with van der Waals surface area (Å²) in [4.78, 5) is 5.51. The van der Waals surface area contributed by atoms with Gasteiger partial charge in [-0.1, -0.05) is 28.9 Å². The van der Waals surface area contributed by atoms with Gasteiger partial charge in [-0.2, -0.15) is 4.98 Å². The summed E-state index contributed by atoms with van der Waals surface area (Å²) in [6.07, 6.45) is 0. The highest BCUT2D eigenvalue weighted by Crippen LogP contribution is 2.24. The molecular weight excluding hydrogens is 282 g/mol. The van der Waals surface area contributed by atoms with Gasteiger partial charge in [-0.3, -0.25) is 0 Å². The number of thioether (sulfide) groups is 1. The van der Waals surface area contributed by atoms with Gasteiger partial charge in [-0.15, -0.1) is 11.8 Å². The van der Waals surface area contributed by atoms with Gasteiger partial charge in [-0.05, 0) is 37.3 Å². The maximum Gasteiger partial charge on any atom is 0.257 e. The van der Waals surface area contributed by atoms with Crippen LogP contribution < -0.4 is 5.73 Å². The van der Waals surface area contributed by atoms with E-state index < -0.39 is 0 Å². The molecular formula is C16H15N3OS. The van der Waals surface area contributed by atoms with Crippen LogP contribution in [0.5, 0.6) is 0 Å². The standard InChI is InChI=1S/C16H15N3OS/c1-11-5-7-12(8-6-11)16-18-15(19-20-16)10-21-14-4-2-3-13(17)9-14/h2-9H,10,17H2,1H3. The Morgan fingerprint density at radius 3 is 2.71 bits per heavy atom. The molecule has 0 unspecified atom stereocenters. The Balaban J connectivity index is 1.69. The van der Waals surface area contributed by atoms with Crippen LogP contribution in [-0.2, 0) is 5.75 Å². The Bertz CT molecular complexity index is 737. The van der Waals surface area contributed by atoms with Crippen molar-refractivity contribution in [2.75, 3.05) is 5.73 Å². The molecule has 0 radical (unpaired) electrons. The van der Waals surface area contributed by atoms with Crippen LogP contribution in [0, 0.1) is 6.92 Å². The van der Waals surface area contributed by atoms with E-state index in [0.29, 0.717) is 17.5 Å². The van der Waals surface area contributed by atoms with Gasteiger partial charge in [0.15, 0.2) is 5.82 Å². The van der Waals surface area contributed by atoms with Crippen LogP contribution in [0.2, 0.25) is 0 Å². The van der Waals surface area contributed by atoms with Crippen LogP contribution in [0.3, 0.4) is 0 Å². The molecule has 2 aromatic carbocycles. The van der Waals surface area contributed by atoms with E-state index in [2.05, 4.69) is 10.1 Å². The maximum absolute atomic E-state index is 5.76. The molecule has 0 aliphatic carbocycles. The highest BCUT2D eigenvalue weighted by Gasteiger charge is 2.09. The number of aryl methyl sites for hydroxylation is 1. The zero-order valence-electron chi connectivity index (χ0n) is 11.6. The number of hydrogen-bond acceptors (Lipinski definition) is 5. The van der Waals surface area contributed by atoms with Crippen molar-refractivity contribution in [2.45, 2.75) is 17.6 Å². The van der Waals surface area contributed by atoms with Gasteiger partial charge in [0, 0.05) is 16.1 Å². The molecule has 0 aliphatic rings. The molecule has 0 aliphatic heterocycles. The van der Waals surface area contributed by atoms with Gasteiger partial charge in [0.05, 0.1) is 5.75 Å². The minimum absolute atomic E-state index is 0.554. The van der Waals surface area contributed by atoms with Crippen molar-refractivity contribution in [1.29, 1.82) is 0 Å². The Morgan fingerprint density at radius 1 is 1.14 bits per heavy atom. The van der Waals surface area contributed by atoms with Crippen molar-refractivity contribution >= 4 is 17.4 Å². The van der Waals surface area contributed by atoms with Crippen molar-refractivity contribution in [3.8, 4) is 11.5 Å². The van der Waals surface area contributed by atoms with E-state index in [1.807, 2.05) is 55.5 Å². The number of rotatable bonds is 4. The molecule has 106 valence electrons. The summed E-state index contributed by atoms with van der Waals surface area (Å²) < 4.78 is 5.30. The summed E-state index contributed by atoms with van der Waals surface area (Å²) >= 11 is 1.63. The Kier molecular flexibility index (Phi) is 3.92. The number of anilines is 1. The molecule has 0 fully saturated rings. The first-order valence-electron chi connectivity index (χ1n) is 6.59. The number of aromatic nitrogens is 2. The van der Waals surface area contributed by atoms with E-state index in [4.69, 9.17) is 10.3 Å². The molecule has 0 bridgehead atoms. The van der Waals surface area contributed by atoms with Crippen LogP contribution >= 0.6 is 11.8 Å². The van der Waals surface area contributed by atoms with Crippen LogP contribution in [0.15, 0.2) is 57.9 Å². The summed E-state index contributed by atoms with van der Waals surface area (Å²) in [5, 5.41) is 4.01. The molecule has 0 saturated carbocycles. The van der Waals surface area contributed by atoms with Gasteiger partial charge in [0.25, 0.3) is 5.89 Å². The first-order chi connectivity index (χ1) is 10.2. The highest BCUT2D eigenvalue weighted by molar-refractivity contribution is 7.98. The van der Waals surface area contributed by atoms with Crippen LogP contribution in [0.1, 0.15) is 11.4 Å². The van der Waals surface area contributed by atoms with Crippen molar-refractivity contribution in [3.05, 3.63) is 59.9 Å². The third-order valence-electron chi connectivity index (χ3n) is 2.99. The number of benzene rings is 2. The van der Waals surface area contributed by atoms with E-state index >= 15 is 0 Å². The maximum atomic E-state index is 5.76. The Hall–Kier alpha value is -2.27. The lowest BCUT2D eigenvalue weighted by Crippen LogP contribution is -1.86. The van der Waals surface area contributed by atoms with Crippen molar-refractivity contribution in [1.82, 2.24) is 10.1 Å². The van der Waals surface area contributed by atoms with Crippen LogP contribution in [0.25, 0.3) is 11.5 Å². The third-order valence-corrected chi connectivity index (χ3v) is 3.98. The van der Waals surface area contributed by atoms with Crippen molar-refractivity contribution in [2.24, 2.45) is 0 Å². The van der Waals surface area contributed by atoms with Gasteiger partial charge < -0.3 is 10.3 Å². The molecule has 1 aromatic heterocycles. The molecule has 3 aromatic rings. The second-order valence-electron chi connectivity index (χ2n) is 4.74. The molecule has 0 atom stereocenters. The molecule has 21 heavy (non-hydrogen) atoms. The minimum Gasteiger partial charge on any atom is -0.399 e.